The van der Waals surface area contributed by atoms with Crippen LogP contribution in [0.1, 0.15) is 10.4 Å². The normalized spacial score (nSPS) is 12.8. The van der Waals surface area contributed by atoms with Gasteiger partial charge in [-0.3, -0.25) is 34.7 Å². The first-order valence-electron chi connectivity index (χ1n) is 7.55. The predicted octanol–water partition coefficient (Wildman–Crippen LogP) is 2.11. The summed E-state index contributed by atoms with van der Waals surface area (Å²) in [6, 6.07) is 8.07. The maximum Gasteiger partial charge on any atom is 0.318 e. The quantitative estimate of drug-likeness (QED) is 0.639. The number of non-ortho nitro benzene ring substituents is 1. The Morgan fingerprint density at radius 1 is 1.19 bits per heavy atom. The smallest absolute Gasteiger partial charge is 0.318 e. The van der Waals surface area contributed by atoms with Gasteiger partial charge in [0.05, 0.1) is 40.0 Å². The van der Waals surface area contributed by atoms with Crippen molar-refractivity contribution in [3.05, 3.63) is 62.2 Å². The highest BCUT2D eigenvalue weighted by molar-refractivity contribution is 6.16. The average Bonchev–Trinajstić information content (AvgIpc) is 2.65. The van der Waals surface area contributed by atoms with Gasteiger partial charge in [0.15, 0.2) is 0 Å². The summed E-state index contributed by atoms with van der Waals surface area (Å²) in [5, 5.41) is 25.0. The van der Waals surface area contributed by atoms with Crippen molar-refractivity contribution in [2.24, 2.45) is 0 Å². The molecule has 0 aliphatic carbocycles. The van der Waals surface area contributed by atoms with Gasteiger partial charge in [-0.05, 0) is 12.1 Å². The Morgan fingerprint density at radius 3 is 2.52 bits per heavy atom. The standard InChI is InChI=1S/C16H12N4O7/c1-27-15-10(6-9(19(23)24)7-13(15)20(25)26)16(22)18-8-14(21)17-11-4-2-3-5-12(11)18/h2-7H,8H2,1H3,(H,17,21). The number of rotatable bonds is 4. The minimum Gasteiger partial charge on any atom is -0.490 e. The fourth-order valence-corrected chi connectivity index (χ4v) is 2.77. The Kier molecular flexibility index (Phi) is 4.42. The number of nitro groups is 2. The summed E-state index contributed by atoms with van der Waals surface area (Å²) in [5.41, 5.74) is -1.01. The van der Waals surface area contributed by atoms with Crippen LogP contribution in [0, 0.1) is 20.2 Å². The van der Waals surface area contributed by atoms with Crippen molar-refractivity contribution in [1.29, 1.82) is 0 Å². The lowest BCUT2D eigenvalue weighted by atomic mass is 10.1. The van der Waals surface area contributed by atoms with Crippen LogP contribution in [0.15, 0.2) is 36.4 Å². The molecule has 1 N–H and O–H groups in total. The number of carbonyl (C=O) groups excluding carboxylic acids is 2. The van der Waals surface area contributed by atoms with E-state index < -0.39 is 38.8 Å². The molecule has 1 aliphatic rings. The molecule has 0 aromatic heterocycles. The topological polar surface area (TPSA) is 145 Å². The van der Waals surface area contributed by atoms with E-state index in [2.05, 4.69) is 5.32 Å². The summed E-state index contributed by atoms with van der Waals surface area (Å²) in [4.78, 5) is 46.7. The van der Waals surface area contributed by atoms with Crippen LogP contribution >= 0.6 is 0 Å². The molecule has 0 fully saturated rings. The second kappa shape index (κ2) is 6.71. The molecule has 11 nitrogen and oxygen atoms in total. The number of para-hydroxylation sites is 2. The number of nitrogens with zero attached hydrogens (tertiary/aromatic N) is 3. The lowest BCUT2D eigenvalue weighted by Crippen LogP contribution is -2.42. The van der Waals surface area contributed by atoms with Gasteiger partial charge in [-0.1, -0.05) is 12.1 Å². The van der Waals surface area contributed by atoms with Crippen LogP contribution in [0.4, 0.5) is 22.7 Å². The molecule has 11 heteroatoms. The number of nitrogens with one attached hydrogen (secondary N) is 1. The van der Waals surface area contributed by atoms with Gasteiger partial charge in [0, 0.05) is 6.07 Å². The van der Waals surface area contributed by atoms with Gasteiger partial charge in [0.2, 0.25) is 11.7 Å². The summed E-state index contributed by atoms with van der Waals surface area (Å²) >= 11 is 0. The molecule has 1 aliphatic heterocycles. The molecule has 0 saturated heterocycles. The first-order valence-corrected chi connectivity index (χ1v) is 7.55. The third-order valence-corrected chi connectivity index (χ3v) is 3.91. The van der Waals surface area contributed by atoms with Gasteiger partial charge < -0.3 is 10.1 Å². The van der Waals surface area contributed by atoms with Crippen LogP contribution in [0.5, 0.6) is 5.75 Å². The van der Waals surface area contributed by atoms with Gasteiger partial charge in [-0.25, -0.2) is 0 Å². The van der Waals surface area contributed by atoms with E-state index in [1.54, 1.807) is 24.3 Å². The molecule has 0 unspecified atom stereocenters. The number of hydrogen-bond donors (Lipinski definition) is 1. The van der Waals surface area contributed by atoms with E-state index in [0.29, 0.717) is 17.4 Å². The zero-order valence-electron chi connectivity index (χ0n) is 13.9. The Labute approximate surface area is 151 Å². The van der Waals surface area contributed by atoms with Crippen molar-refractivity contribution in [3.63, 3.8) is 0 Å². The van der Waals surface area contributed by atoms with E-state index in [9.17, 15) is 29.8 Å². The van der Waals surface area contributed by atoms with Crippen molar-refractivity contribution in [2.75, 3.05) is 23.9 Å². The number of nitro benzene ring substituents is 2. The zero-order valence-corrected chi connectivity index (χ0v) is 13.9. The largest absolute Gasteiger partial charge is 0.490 e. The minimum atomic E-state index is -0.876. The molecule has 0 atom stereocenters. The van der Waals surface area contributed by atoms with Crippen molar-refractivity contribution in [1.82, 2.24) is 0 Å². The summed E-state index contributed by atoms with van der Waals surface area (Å²) in [6.45, 7) is -0.352. The molecule has 2 aromatic rings. The van der Waals surface area contributed by atoms with Gasteiger partial charge in [-0.15, -0.1) is 0 Å². The number of methoxy groups -OCH3 is 1. The molecule has 0 saturated carbocycles. The van der Waals surface area contributed by atoms with Gasteiger partial charge in [0.1, 0.15) is 6.54 Å². The molecule has 27 heavy (non-hydrogen) atoms. The summed E-state index contributed by atoms with van der Waals surface area (Å²) in [5.74, 6) is -1.72. The van der Waals surface area contributed by atoms with E-state index in [1.807, 2.05) is 0 Å². The fourth-order valence-electron chi connectivity index (χ4n) is 2.77. The highest BCUT2D eigenvalue weighted by Crippen LogP contribution is 2.38. The van der Waals surface area contributed by atoms with Crippen LogP contribution in [0.3, 0.4) is 0 Å². The number of ether oxygens (including phenoxy) is 1. The second-order valence-electron chi connectivity index (χ2n) is 5.52. The predicted molar refractivity (Wildman–Crippen MR) is 93.1 cm³/mol. The van der Waals surface area contributed by atoms with E-state index >= 15 is 0 Å². The molecule has 1 heterocycles. The molecule has 0 spiro atoms. The van der Waals surface area contributed by atoms with Gasteiger partial charge in [-0.2, -0.15) is 0 Å². The maximum atomic E-state index is 13.1. The minimum absolute atomic E-state index is 0.352. The molecule has 2 amide bonds. The Balaban J connectivity index is 2.19. The van der Waals surface area contributed by atoms with E-state index in [0.717, 1.165) is 18.1 Å². The highest BCUT2D eigenvalue weighted by Gasteiger charge is 2.34. The molecular formula is C16H12N4O7. The van der Waals surface area contributed by atoms with Crippen molar-refractivity contribution < 1.29 is 24.2 Å². The van der Waals surface area contributed by atoms with E-state index in [-0.39, 0.29) is 12.1 Å². The first-order chi connectivity index (χ1) is 12.8. The Hall–Kier alpha value is -4.02. The lowest BCUT2D eigenvalue weighted by molar-refractivity contribution is -0.394. The van der Waals surface area contributed by atoms with Crippen LogP contribution in [0.25, 0.3) is 0 Å². The summed E-state index contributed by atoms with van der Waals surface area (Å²) in [7, 11) is 1.11. The Bertz CT molecular complexity index is 989. The fraction of sp³-hybridized carbons (Fsp3) is 0.125. The number of carbonyl (C=O) groups is 2. The van der Waals surface area contributed by atoms with Gasteiger partial charge in [0.25, 0.3) is 11.6 Å². The van der Waals surface area contributed by atoms with E-state index in [4.69, 9.17) is 4.74 Å². The zero-order chi connectivity index (χ0) is 19.7. The van der Waals surface area contributed by atoms with Crippen LogP contribution in [0.2, 0.25) is 0 Å². The third kappa shape index (κ3) is 3.13. The van der Waals surface area contributed by atoms with Gasteiger partial charge >= 0.3 is 5.69 Å². The number of amides is 2. The maximum absolute atomic E-state index is 13.1. The molecular weight excluding hydrogens is 360 g/mol. The van der Waals surface area contributed by atoms with Crippen molar-refractivity contribution in [2.45, 2.75) is 0 Å². The van der Waals surface area contributed by atoms with Crippen molar-refractivity contribution in [3.8, 4) is 5.75 Å². The van der Waals surface area contributed by atoms with Crippen molar-refractivity contribution >= 4 is 34.6 Å². The molecule has 138 valence electrons. The summed E-state index contributed by atoms with van der Waals surface area (Å²) in [6.07, 6.45) is 0. The SMILES string of the molecule is COc1c(C(=O)N2CC(=O)Nc3ccccc32)cc([N+](=O)[O-])cc1[N+](=O)[O-]. The molecule has 0 bridgehead atoms. The number of benzene rings is 2. The van der Waals surface area contributed by atoms with Crippen LogP contribution in [-0.4, -0.2) is 35.3 Å². The number of fused-ring (bicyclic) bond motifs is 1. The van der Waals surface area contributed by atoms with Crippen LogP contribution in [-0.2, 0) is 4.79 Å². The number of hydrogen-bond acceptors (Lipinski definition) is 7. The summed E-state index contributed by atoms with van der Waals surface area (Å²) < 4.78 is 4.99. The second-order valence-corrected chi connectivity index (χ2v) is 5.52. The molecule has 0 radical (unpaired) electrons. The highest BCUT2D eigenvalue weighted by atomic mass is 16.6. The lowest BCUT2D eigenvalue weighted by Gasteiger charge is -2.29. The average molecular weight is 372 g/mol. The third-order valence-electron chi connectivity index (χ3n) is 3.91. The molecule has 3 rings (SSSR count). The Morgan fingerprint density at radius 2 is 1.89 bits per heavy atom. The van der Waals surface area contributed by atoms with E-state index in [1.165, 1.54) is 0 Å². The molecule has 2 aromatic carbocycles. The first kappa shape index (κ1) is 17.8. The monoisotopic (exact) mass is 372 g/mol. The van der Waals surface area contributed by atoms with Crippen LogP contribution < -0.4 is 15.0 Å². The number of anilines is 2.